The Morgan fingerprint density at radius 2 is 1.81 bits per heavy atom. The second kappa shape index (κ2) is 7.21. The van der Waals surface area contributed by atoms with Crippen LogP contribution >= 0.6 is 0 Å². The van der Waals surface area contributed by atoms with E-state index < -0.39 is 27.5 Å². The Bertz CT molecular complexity index is 607. The minimum atomic E-state index is -3.77. The first-order valence-electron chi connectivity index (χ1n) is 6.61. The maximum atomic E-state index is 12.1. The summed E-state index contributed by atoms with van der Waals surface area (Å²) in [5.74, 6) is -2.34. The molecule has 0 bridgehead atoms. The molecule has 0 saturated carbocycles. The molecule has 2 N–H and O–H groups in total. The predicted octanol–water partition coefficient (Wildman–Crippen LogP) is 1.46. The van der Waals surface area contributed by atoms with Gasteiger partial charge in [0.05, 0.1) is 10.5 Å². The number of nitrogens with one attached hydrogen (secondary N) is 1. The second-order valence-corrected chi connectivity index (χ2v) is 6.84. The first-order chi connectivity index (χ1) is 9.76. The number of carboxylic acid groups (broad SMARTS) is 1. The number of carbonyl (C=O) groups excluding carboxylic acids is 1. The zero-order chi connectivity index (χ0) is 16.0. The van der Waals surface area contributed by atoms with Crippen LogP contribution in [0.1, 0.15) is 37.0 Å². The Kier molecular flexibility index (Phi) is 5.90. The smallest absolute Gasteiger partial charge is 0.335 e. The molecule has 1 amide bonds. The van der Waals surface area contributed by atoms with Gasteiger partial charge >= 0.3 is 5.97 Å². The molecule has 6 nitrogen and oxygen atoms in total. The average Bonchev–Trinajstić information content (AvgIpc) is 2.38. The molecule has 21 heavy (non-hydrogen) atoms. The van der Waals surface area contributed by atoms with E-state index in [1.807, 2.05) is 13.8 Å². The summed E-state index contributed by atoms with van der Waals surface area (Å²) in [6.07, 6.45) is 1.67. The zero-order valence-electron chi connectivity index (χ0n) is 12.0. The van der Waals surface area contributed by atoms with Crippen LogP contribution in [0.15, 0.2) is 29.2 Å². The van der Waals surface area contributed by atoms with Gasteiger partial charge in [-0.25, -0.2) is 13.2 Å². The molecular weight excluding hydrogens is 294 g/mol. The van der Waals surface area contributed by atoms with Gasteiger partial charge in [0.15, 0.2) is 9.84 Å². The fourth-order valence-corrected chi connectivity index (χ4v) is 3.03. The van der Waals surface area contributed by atoms with E-state index in [1.165, 1.54) is 24.3 Å². The van der Waals surface area contributed by atoms with Crippen molar-refractivity contribution in [2.45, 2.75) is 37.6 Å². The number of sulfone groups is 1. The molecule has 0 aliphatic carbocycles. The molecule has 0 heterocycles. The van der Waals surface area contributed by atoms with Gasteiger partial charge in [0, 0.05) is 6.04 Å². The summed E-state index contributed by atoms with van der Waals surface area (Å²) in [4.78, 5) is 22.4. The third-order valence-electron chi connectivity index (χ3n) is 2.91. The fourth-order valence-electron chi connectivity index (χ4n) is 1.88. The van der Waals surface area contributed by atoms with Crippen LogP contribution < -0.4 is 5.32 Å². The minimum Gasteiger partial charge on any atom is -0.478 e. The van der Waals surface area contributed by atoms with Crippen LogP contribution in [0.5, 0.6) is 0 Å². The van der Waals surface area contributed by atoms with E-state index in [0.29, 0.717) is 0 Å². The monoisotopic (exact) mass is 313 g/mol. The van der Waals surface area contributed by atoms with Gasteiger partial charge in [0.2, 0.25) is 5.91 Å². The molecule has 0 radical (unpaired) electrons. The molecule has 0 aliphatic rings. The Morgan fingerprint density at radius 1 is 1.24 bits per heavy atom. The van der Waals surface area contributed by atoms with Crippen molar-refractivity contribution in [2.75, 3.05) is 5.75 Å². The lowest BCUT2D eigenvalue weighted by atomic mass is 10.2. The van der Waals surface area contributed by atoms with E-state index in [1.54, 1.807) is 0 Å². The standard InChI is InChI=1S/C14H19NO5S/c1-3-4-10(2)15-13(16)9-21(19,20)12-7-5-11(6-8-12)14(17)18/h5-8,10H,3-4,9H2,1-2H3,(H,15,16)(H,17,18). The van der Waals surface area contributed by atoms with Crippen LogP contribution in [-0.4, -0.2) is 37.2 Å². The van der Waals surface area contributed by atoms with Crippen LogP contribution in [0.4, 0.5) is 0 Å². The van der Waals surface area contributed by atoms with Gasteiger partial charge in [-0.3, -0.25) is 4.79 Å². The molecular formula is C14H19NO5S. The second-order valence-electron chi connectivity index (χ2n) is 4.85. The number of hydrogen-bond donors (Lipinski definition) is 2. The molecule has 1 aromatic rings. The Hall–Kier alpha value is -1.89. The van der Waals surface area contributed by atoms with E-state index in [9.17, 15) is 18.0 Å². The van der Waals surface area contributed by atoms with Gasteiger partial charge in [-0.1, -0.05) is 13.3 Å². The molecule has 7 heteroatoms. The Balaban J connectivity index is 2.77. The van der Waals surface area contributed by atoms with E-state index in [2.05, 4.69) is 5.32 Å². The number of aromatic carboxylic acids is 1. The van der Waals surface area contributed by atoms with Crippen LogP contribution in [0, 0.1) is 0 Å². The highest BCUT2D eigenvalue weighted by Crippen LogP contribution is 2.12. The van der Waals surface area contributed by atoms with Gasteiger partial charge in [-0.2, -0.15) is 0 Å². The SMILES string of the molecule is CCCC(C)NC(=O)CS(=O)(=O)c1ccc(C(=O)O)cc1. The topological polar surface area (TPSA) is 101 Å². The third-order valence-corrected chi connectivity index (χ3v) is 4.54. The molecule has 1 aromatic carbocycles. The summed E-state index contributed by atoms with van der Waals surface area (Å²) in [6, 6.07) is 4.72. The molecule has 0 spiro atoms. The molecule has 0 aromatic heterocycles. The number of rotatable bonds is 7. The van der Waals surface area contributed by atoms with Crippen molar-refractivity contribution in [1.82, 2.24) is 5.32 Å². The van der Waals surface area contributed by atoms with Crippen molar-refractivity contribution in [3.8, 4) is 0 Å². The van der Waals surface area contributed by atoms with Crippen LogP contribution in [0.25, 0.3) is 0 Å². The van der Waals surface area contributed by atoms with Crippen molar-refractivity contribution in [2.24, 2.45) is 0 Å². The van der Waals surface area contributed by atoms with Crippen molar-refractivity contribution < 1.29 is 23.1 Å². The van der Waals surface area contributed by atoms with E-state index in [-0.39, 0.29) is 16.5 Å². The lowest BCUT2D eigenvalue weighted by Crippen LogP contribution is -2.36. The number of carbonyl (C=O) groups is 2. The first-order valence-corrected chi connectivity index (χ1v) is 8.27. The van der Waals surface area contributed by atoms with E-state index in [4.69, 9.17) is 5.11 Å². The quantitative estimate of drug-likeness (QED) is 0.793. The number of hydrogen-bond acceptors (Lipinski definition) is 4. The van der Waals surface area contributed by atoms with Gasteiger partial charge in [0.1, 0.15) is 5.75 Å². The zero-order valence-corrected chi connectivity index (χ0v) is 12.8. The Morgan fingerprint density at radius 3 is 2.29 bits per heavy atom. The summed E-state index contributed by atoms with van der Waals surface area (Å²) >= 11 is 0. The molecule has 1 atom stereocenters. The molecule has 116 valence electrons. The van der Waals surface area contributed by atoms with Gasteiger partial charge in [-0.05, 0) is 37.6 Å². The highest BCUT2D eigenvalue weighted by atomic mass is 32.2. The number of benzene rings is 1. The lowest BCUT2D eigenvalue weighted by Gasteiger charge is -2.12. The molecule has 1 rings (SSSR count). The fraction of sp³-hybridized carbons (Fsp3) is 0.429. The van der Waals surface area contributed by atoms with Gasteiger partial charge in [0.25, 0.3) is 0 Å². The van der Waals surface area contributed by atoms with Crippen molar-refractivity contribution in [1.29, 1.82) is 0 Å². The van der Waals surface area contributed by atoms with Crippen LogP contribution in [0.2, 0.25) is 0 Å². The summed E-state index contributed by atoms with van der Waals surface area (Å²) in [6.45, 7) is 3.79. The van der Waals surface area contributed by atoms with Gasteiger partial charge < -0.3 is 10.4 Å². The molecule has 0 saturated heterocycles. The molecule has 1 unspecified atom stereocenters. The predicted molar refractivity (Wildman–Crippen MR) is 78.0 cm³/mol. The highest BCUT2D eigenvalue weighted by molar-refractivity contribution is 7.92. The van der Waals surface area contributed by atoms with E-state index in [0.717, 1.165) is 12.8 Å². The van der Waals surface area contributed by atoms with E-state index >= 15 is 0 Å². The normalized spacial score (nSPS) is 12.7. The average molecular weight is 313 g/mol. The summed E-state index contributed by atoms with van der Waals surface area (Å²) in [5.41, 5.74) is -0.00466. The summed E-state index contributed by atoms with van der Waals surface area (Å²) < 4.78 is 24.1. The van der Waals surface area contributed by atoms with Crippen LogP contribution in [-0.2, 0) is 14.6 Å². The van der Waals surface area contributed by atoms with Crippen LogP contribution in [0.3, 0.4) is 0 Å². The summed E-state index contributed by atoms with van der Waals surface area (Å²) in [5, 5.41) is 11.4. The lowest BCUT2D eigenvalue weighted by molar-refractivity contribution is -0.119. The first kappa shape index (κ1) is 17.2. The molecule has 0 fully saturated rings. The molecule has 0 aliphatic heterocycles. The maximum absolute atomic E-state index is 12.1. The third kappa shape index (κ3) is 5.18. The summed E-state index contributed by atoms with van der Waals surface area (Å²) in [7, 11) is -3.77. The minimum absolute atomic E-state index is 0.00466. The maximum Gasteiger partial charge on any atom is 0.335 e. The number of carboxylic acids is 1. The van der Waals surface area contributed by atoms with Crippen molar-refractivity contribution in [3.05, 3.63) is 29.8 Å². The van der Waals surface area contributed by atoms with Crippen molar-refractivity contribution >= 4 is 21.7 Å². The highest BCUT2D eigenvalue weighted by Gasteiger charge is 2.20. The number of amides is 1. The van der Waals surface area contributed by atoms with Crippen molar-refractivity contribution in [3.63, 3.8) is 0 Å². The van der Waals surface area contributed by atoms with Gasteiger partial charge in [-0.15, -0.1) is 0 Å². The Labute approximate surface area is 124 Å². The largest absolute Gasteiger partial charge is 0.478 e.